The number of hydrogen-bond donors (Lipinski definition) is 0. The molecule has 5 heteroatoms. The smallest absolute Gasteiger partial charge is 0.0998 e. The summed E-state index contributed by atoms with van der Waals surface area (Å²) in [6.07, 6.45) is 3.88. The largest absolute Gasteiger partial charge is 0.294 e. The molecule has 2 aromatic carbocycles. The lowest BCUT2D eigenvalue weighted by Gasteiger charge is -2.39. The van der Waals surface area contributed by atoms with Crippen LogP contribution in [0.4, 0.5) is 0 Å². The van der Waals surface area contributed by atoms with Crippen LogP contribution in [0.5, 0.6) is 0 Å². The zero-order valence-electron chi connectivity index (χ0n) is 18.1. The third kappa shape index (κ3) is 3.93. The molecule has 32 heavy (non-hydrogen) atoms. The summed E-state index contributed by atoms with van der Waals surface area (Å²) in [6, 6.07) is 25.3. The van der Waals surface area contributed by atoms with Crippen LogP contribution in [0.25, 0.3) is 11.6 Å². The van der Waals surface area contributed by atoms with Gasteiger partial charge in [-0.1, -0.05) is 54.6 Å². The van der Waals surface area contributed by atoms with Crippen molar-refractivity contribution in [1.29, 1.82) is 5.26 Å². The summed E-state index contributed by atoms with van der Waals surface area (Å²) in [5, 5.41) is 16.6. The summed E-state index contributed by atoms with van der Waals surface area (Å²) in [5.41, 5.74) is 7.21. The maximum atomic E-state index is 9.83. The van der Waals surface area contributed by atoms with Crippen molar-refractivity contribution in [3.05, 3.63) is 100 Å². The molecular formula is C27H25N5. The van der Waals surface area contributed by atoms with Crippen molar-refractivity contribution in [3.63, 3.8) is 0 Å². The molecule has 5 nitrogen and oxygen atoms in total. The molecule has 1 atom stereocenters. The second kappa shape index (κ2) is 8.78. The van der Waals surface area contributed by atoms with Gasteiger partial charge in [0, 0.05) is 31.9 Å². The summed E-state index contributed by atoms with van der Waals surface area (Å²) < 4.78 is 0. The zero-order chi connectivity index (χ0) is 21.9. The molecule has 158 valence electrons. The maximum Gasteiger partial charge on any atom is 0.0998 e. The number of aromatic nitrogens is 1. The minimum atomic E-state index is 0.120. The Morgan fingerprint density at radius 3 is 2.47 bits per heavy atom. The van der Waals surface area contributed by atoms with Crippen LogP contribution in [0.15, 0.2) is 71.8 Å². The van der Waals surface area contributed by atoms with E-state index in [-0.39, 0.29) is 6.04 Å². The molecule has 0 saturated carbocycles. The van der Waals surface area contributed by atoms with E-state index in [1.807, 2.05) is 49.5 Å². The Morgan fingerprint density at radius 2 is 1.69 bits per heavy atom. The van der Waals surface area contributed by atoms with E-state index in [0.717, 1.165) is 54.3 Å². The van der Waals surface area contributed by atoms with Gasteiger partial charge in [-0.15, -0.1) is 0 Å². The van der Waals surface area contributed by atoms with Crippen LogP contribution in [0.2, 0.25) is 0 Å². The van der Waals surface area contributed by atoms with E-state index in [9.17, 15) is 5.26 Å². The van der Waals surface area contributed by atoms with Crippen LogP contribution in [0.3, 0.4) is 0 Å². The number of hydrazone groups is 1. The number of nitrogens with zero attached hydrogens (tertiary/aromatic N) is 5. The Bertz CT molecular complexity index is 1230. The normalized spacial score (nSPS) is 18.4. The van der Waals surface area contributed by atoms with E-state index in [4.69, 9.17) is 0 Å². The van der Waals surface area contributed by atoms with Gasteiger partial charge in [-0.05, 0) is 47.4 Å². The van der Waals surface area contributed by atoms with E-state index in [2.05, 4.69) is 62.5 Å². The second-order valence-corrected chi connectivity index (χ2v) is 8.23. The van der Waals surface area contributed by atoms with Gasteiger partial charge in [-0.3, -0.25) is 14.9 Å². The average molecular weight is 420 g/mol. The minimum Gasteiger partial charge on any atom is -0.294 e. The number of benzene rings is 2. The van der Waals surface area contributed by atoms with Crippen molar-refractivity contribution in [2.24, 2.45) is 5.10 Å². The number of piperazine rings is 1. The first-order valence-electron chi connectivity index (χ1n) is 11.0. The molecule has 1 unspecified atom stereocenters. The van der Waals surface area contributed by atoms with Gasteiger partial charge in [0.25, 0.3) is 0 Å². The van der Waals surface area contributed by atoms with Crippen LogP contribution in [-0.4, -0.2) is 47.3 Å². The lowest BCUT2D eigenvalue weighted by molar-refractivity contribution is 0.112. The molecule has 3 aromatic rings. The summed E-state index contributed by atoms with van der Waals surface area (Å²) in [4.78, 5) is 7.02. The van der Waals surface area contributed by atoms with E-state index in [0.29, 0.717) is 0 Å². The van der Waals surface area contributed by atoms with Gasteiger partial charge >= 0.3 is 0 Å². The van der Waals surface area contributed by atoms with Gasteiger partial charge in [0.15, 0.2) is 0 Å². The summed E-state index contributed by atoms with van der Waals surface area (Å²) >= 11 is 0. The zero-order valence-corrected chi connectivity index (χ0v) is 18.1. The number of pyridine rings is 1. The molecular weight excluding hydrogens is 394 g/mol. The Balaban J connectivity index is 1.41. The fourth-order valence-corrected chi connectivity index (χ4v) is 4.62. The lowest BCUT2D eigenvalue weighted by Crippen LogP contribution is -2.46. The molecule has 2 aliphatic rings. The number of nitriles is 1. The van der Waals surface area contributed by atoms with Crippen LogP contribution in [-0.2, 0) is 0 Å². The summed E-state index contributed by atoms with van der Waals surface area (Å²) in [6.45, 7) is 5.48. The van der Waals surface area contributed by atoms with E-state index >= 15 is 0 Å². The number of allylic oxidation sites excluding steroid dienone is 1. The van der Waals surface area contributed by atoms with Crippen LogP contribution in [0, 0.1) is 18.3 Å². The van der Waals surface area contributed by atoms with Crippen LogP contribution < -0.4 is 0 Å². The van der Waals surface area contributed by atoms with Gasteiger partial charge in [-0.2, -0.15) is 10.4 Å². The van der Waals surface area contributed by atoms with E-state index in [1.54, 1.807) is 0 Å². The number of fused-ring (bicyclic) bond motifs is 2. The minimum absolute atomic E-state index is 0.120. The molecule has 1 aliphatic heterocycles. The quantitative estimate of drug-likeness (QED) is 0.586. The molecule has 2 heterocycles. The first kappa shape index (κ1) is 20.2. The topological polar surface area (TPSA) is 55.5 Å². The molecule has 0 amide bonds. The van der Waals surface area contributed by atoms with Gasteiger partial charge in [0.2, 0.25) is 0 Å². The highest BCUT2D eigenvalue weighted by Crippen LogP contribution is 2.39. The monoisotopic (exact) mass is 419 g/mol. The van der Waals surface area contributed by atoms with Gasteiger partial charge in [0.05, 0.1) is 29.6 Å². The van der Waals surface area contributed by atoms with E-state index < -0.39 is 0 Å². The van der Waals surface area contributed by atoms with Crippen molar-refractivity contribution in [2.75, 3.05) is 26.2 Å². The molecule has 1 fully saturated rings. The van der Waals surface area contributed by atoms with Crippen LogP contribution in [0.1, 0.15) is 39.7 Å². The van der Waals surface area contributed by atoms with Crippen molar-refractivity contribution >= 4 is 17.9 Å². The van der Waals surface area contributed by atoms with Crippen molar-refractivity contribution in [3.8, 4) is 6.07 Å². The lowest BCUT2D eigenvalue weighted by atomic mass is 9.91. The van der Waals surface area contributed by atoms with Gasteiger partial charge < -0.3 is 0 Å². The molecule has 0 N–H and O–H groups in total. The fourth-order valence-electron chi connectivity index (χ4n) is 4.62. The summed E-state index contributed by atoms with van der Waals surface area (Å²) in [5.74, 6) is 0. The van der Waals surface area contributed by atoms with Crippen LogP contribution >= 0.6 is 0 Å². The Kier molecular flexibility index (Phi) is 5.53. The predicted octanol–water partition coefficient (Wildman–Crippen LogP) is 4.51. The molecule has 5 rings (SSSR count). The second-order valence-electron chi connectivity index (χ2n) is 8.23. The Labute approximate surface area is 188 Å². The number of hydrogen-bond acceptors (Lipinski definition) is 5. The molecule has 1 saturated heterocycles. The highest BCUT2D eigenvalue weighted by molar-refractivity contribution is 5.93. The first-order valence-corrected chi connectivity index (χ1v) is 11.0. The molecule has 1 aliphatic carbocycles. The Hall–Kier alpha value is -3.75. The standard InChI is InChI=1S/C27H25N5/c1-20-7-6-9-23(30-20)19-29-32-15-13-31(14-16-32)27-25-11-3-2-8-21(25)17-22(18-28)24-10-4-5-12-26(24)27/h2-12,17,19,27H,13-16H2,1H3. The molecule has 0 bridgehead atoms. The van der Waals surface area contributed by atoms with Crippen molar-refractivity contribution in [2.45, 2.75) is 13.0 Å². The Morgan fingerprint density at radius 1 is 0.938 bits per heavy atom. The fraction of sp³-hybridized carbons (Fsp3) is 0.222. The van der Waals surface area contributed by atoms with Crippen molar-refractivity contribution in [1.82, 2.24) is 14.9 Å². The number of aryl methyl sites for hydroxylation is 1. The molecule has 0 radical (unpaired) electrons. The van der Waals surface area contributed by atoms with Crippen molar-refractivity contribution < 1.29 is 0 Å². The van der Waals surface area contributed by atoms with Gasteiger partial charge in [-0.25, -0.2) is 0 Å². The third-order valence-electron chi connectivity index (χ3n) is 6.18. The highest BCUT2D eigenvalue weighted by atomic mass is 15.5. The highest BCUT2D eigenvalue weighted by Gasteiger charge is 2.31. The third-order valence-corrected chi connectivity index (χ3v) is 6.18. The first-order chi connectivity index (χ1) is 15.7. The predicted molar refractivity (Wildman–Crippen MR) is 128 cm³/mol. The van der Waals surface area contributed by atoms with E-state index in [1.165, 1.54) is 11.1 Å². The SMILES string of the molecule is Cc1cccc(C=NN2CCN(C3c4ccccc4C=C(C#N)c4ccccc43)CC2)n1. The van der Waals surface area contributed by atoms with Gasteiger partial charge in [0.1, 0.15) is 0 Å². The molecule has 0 spiro atoms. The molecule has 1 aromatic heterocycles. The summed E-state index contributed by atoms with van der Waals surface area (Å²) in [7, 11) is 0. The number of rotatable bonds is 3. The average Bonchev–Trinajstić information content (AvgIpc) is 2.97. The maximum absolute atomic E-state index is 9.83.